The monoisotopic (exact) mass is 303 g/mol. The van der Waals surface area contributed by atoms with Crippen molar-refractivity contribution in [2.75, 3.05) is 0 Å². The van der Waals surface area contributed by atoms with Gasteiger partial charge < -0.3 is 4.74 Å². The summed E-state index contributed by atoms with van der Waals surface area (Å²) in [6.07, 6.45) is -1.10. The molecule has 0 saturated heterocycles. The summed E-state index contributed by atoms with van der Waals surface area (Å²) >= 11 is 3.27. The van der Waals surface area contributed by atoms with Crippen molar-refractivity contribution in [3.63, 3.8) is 0 Å². The fourth-order valence-electron chi connectivity index (χ4n) is 1.19. The zero-order valence-electron chi connectivity index (χ0n) is 8.96. The van der Waals surface area contributed by atoms with Gasteiger partial charge in [0.15, 0.2) is 0 Å². The van der Waals surface area contributed by atoms with Gasteiger partial charge in [-0.3, -0.25) is 9.63 Å². The highest BCUT2D eigenvalue weighted by Gasteiger charge is 2.17. The molecule has 0 heterocycles. The summed E-state index contributed by atoms with van der Waals surface area (Å²) in [7, 11) is 0. The molecule has 1 aromatic carbocycles. The Labute approximate surface area is 106 Å². The molecule has 1 aromatic rings. The van der Waals surface area contributed by atoms with Crippen molar-refractivity contribution in [2.45, 2.75) is 19.6 Å². The van der Waals surface area contributed by atoms with E-state index in [2.05, 4.69) is 25.5 Å². The van der Waals surface area contributed by atoms with E-state index in [1.54, 1.807) is 24.3 Å². The fourth-order valence-corrected chi connectivity index (χ4v) is 1.46. The van der Waals surface area contributed by atoms with Crippen LogP contribution in [0, 0.1) is 10.1 Å². The zero-order valence-corrected chi connectivity index (χ0v) is 10.5. The number of ether oxygens (including phenoxy) is 1. The number of esters is 1. The van der Waals surface area contributed by atoms with E-state index in [4.69, 9.17) is 0 Å². The normalized spacial score (nSPS) is 11.6. The van der Waals surface area contributed by atoms with Crippen LogP contribution in [-0.2, 0) is 20.8 Å². The van der Waals surface area contributed by atoms with E-state index in [0.29, 0.717) is 0 Å². The molecule has 0 aliphatic carbocycles. The smallest absolute Gasteiger partial charge is 0.304 e. The molecule has 1 unspecified atom stereocenters. The molecule has 0 saturated carbocycles. The minimum Gasteiger partial charge on any atom is -0.435 e. The third-order valence-corrected chi connectivity index (χ3v) is 2.35. The molecule has 7 heteroatoms. The van der Waals surface area contributed by atoms with Gasteiger partial charge in [0.25, 0.3) is 11.4 Å². The van der Waals surface area contributed by atoms with E-state index >= 15 is 0 Å². The second kappa shape index (κ2) is 6.19. The first kappa shape index (κ1) is 13.4. The largest absolute Gasteiger partial charge is 0.435 e. The second-order valence-electron chi connectivity index (χ2n) is 3.20. The third-order valence-electron chi connectivity index (χ3n) is 1.82. The van der Waals surface area contributed by atoms with Gasteiger partial charge in [0.05, 0.1) is 0 Å². The van der Waals surface area contributed by atoms with E-state index in [1.807, 2.05) is 0 Å². The molecule has 0 bridgehead atoms. The van der Waals surface area contributed by atoms with Crippen molar-refractivity contribution in [3.05, 3.63) is 44.4 Å². The number of rotatable bonds is 5. The fraction of sp³-hybridized carbons (Fsp3) is 0.300. The summed E-state index contributed by atoms with van der Waals surface area (Å²) in [5.74, 6) is -0.631. The SMILES string of the molecule is CC(=O)OC(Cc1ccc(Br)cc1)O[N+](=O)[O-]. The Morgan fingerprint density at radius 2 is 2.06 bits per heavy atom. The van der Waals surface area contributed by atoms with Crippen LogP contribution in [0.2, 0.25) is 0 Å². The molecule has 0 fully saturated rings. The summed E-state index contributed by atoms with van der Waals surface area (Å²) in [4.78, 5) is 25.2. The molecular weight excluding hydrogens is 294 g/mol. The first-order valence-electron chi connectivity index (χ1n) is 4.70. The van der Waals surface area contributed by atoms with Gasteiger partial charge in [-0.05, 0) is 17.7 Å². The highest BCUT2D eigenvalue weighted by atomic mass is 79.9. The van der Waals surface area contributed by atoms with E-state index in [9.17, 15) is 14.9 Å². The summed E-state index contributed by atoms with van der Waals surface area (Å²) in [6, 6.07) is 7.08. The van der Waals surface area contributed by atoms with Gasteiger partial charge in [0.2, 0.25) is 0 Å². The number of hydrogen-bond donors (Lipinski definition) is 0. The molecule has 0 aliphatic rings. The number of hydrogen-bond acceptors (Lipinski definition) is 5. The van der Waals surface area contributed by atoms with Crippen molar-refractivity contribution in [2.24, 2.45) is 0 Å². The van der Waals surface area contributed by atoms with Gasteiger partial charge in [-0.25, -0.2) is 0 Å². The van der Waals surface area contributed by atoms with Gasteiger partial charge in [-0.15, -0.1) is 10.1 Å². The van der Waals surface area contributed by atoms with Crippen molar-refractivity contribution in [1.29, 1.82) is 0 Å². The minimum absolute atomic E-state index is 0.119. The number of carbonyl (C=O) groups excluding carboxylic acids is 1. The topological polar surface area (TPSA) is 78.7 Å². The van der Waals surface area contributed by atoms with Gasteiger partial charge in [0.1, 0.15) is 0 Å². The molecule has 6 nitrogen and oxygen atoms in total. The summed E-state index contributed by atoms with van der Waals surface area (Å²) in [5, 5.41) is 9.24. The molecule has 17 heavy (non-hydrogen) atoms. The van der Waals surface area contributed by atoms with Crippen LogP contribution in [-0.4, -0.2) is 17.3 Å². The maximum atomic E-state index is 10.7. The number of nitrogens with zero attached hydrogens (tertiary/aromatic N) is 1. The predicted molar refractivity (Wildman–Crippen MR) is 61.5 cm³/mol. The molecule has 0 aromatic heterocycles. The molecule has 0 amide bonds. The number of halogens is 1. The van der Waals surface area contributed by atoms with Crippen molar-refractivity contribution < 1.29 is 19.5 Å². The van der Waals surface area contributed by atoms with Gasteiger partial charge in [0, 0.05) is 17.8 Å². The predicted octanol–water partition coefficient (Wildman–Crippen LogP) is 2.09. The molecule has 92 valence electrons. The van der Waals surface area contributed by atoms with Crippen molar-refractivity contribution in [1.82, 2.24) is 0 Å². The average molecular weight is 304 g/mol. The van der Waals surface area contributed by atoms with Gasteiger partial charge in [-0.1, -0.05) is 28.1 Å². The minimum atomic E-state index is -1.22. The molecule has 0 spiro atoms. The maximum Gasteiger partial charge on any atom is 0.304 e. The van der Waals surface area contributed by atoms with Gasteiger partial charge in [-0.2, -0.15) is 0 Å². The van der Waals surface area contributed by atoms with Crippen molar-refractivity contribution >= 4 is 21.9 Å². The van der Waals surface area contributed by atoms with Crippen molar-refractivity contribution in [3.8, 4) is 0 Å². The Morgan fingerprint density at radius 3 is 2.53 bits per heavy atom. The van der Waals surface area contributed by atoms with Crippen LogP contribution in [0.5, 0.6) is 0 Å². The summed E-state index contributed by atoms with van der Waals surface area (Å²) in [5.41, 5.74) is 0.765. The highest BCUT2D eigenvalue weighted by Crippen LogP contribution is 2.13. The number of benzene rings is 1. The van der Waals surface area contributed by atoms with E-state index in [-0.39, 0.29) is 6.42 Å². The third kappa shape index (κ3) is 5.30. The molecular formula is C10H10BrNO5. The number of carbonyl (C=O) groups is 1. The molecule has 0 N–H and O–H groups in total. The van der Waals surface area contributed by atoms with E-state index < -0.39 is 17.3 Å². The quantitative estimate of drug-likeness (QED) is 0.360. The maximum absolute atomic E-state index is 10.7. The molecule has 0 aliphatic heterocycles. The molecule has 0 radical (unpaired) electrons. The zero-order chi connectivity index (χ0) is 12.8. The van der Waals surface area contributed by atoms with Crippen LogP contribution in [0.25, 0.3) is 0 Å². The molecule has 1 atom stereocenters. The Kier molecular flexibility index (Phi) is 4.89. The van der Waals surface area contributed by atoms with Crippen LogP contribution in [0.1, 0.15) is 12.5 Å². The van der Waals surface area contributed by atoms with E-state index in [0.717, 1.165) is 17.0 Å². The Balaban J connectivity index is 2.67. The van der Waals surface area contributed by atoms with Crippen LogP contribution in [0.15, 0.2) is 28.7 Å². The van der Waals surface area contributed by atoms with Crippen LogP contribution in [0.3, 0.4) is 0 Å². The summed E-state index contributed by atoms with van der Waals surface area (Å²) in [6.45, 7) is 1.16. The van der Waals surface area contributed by atoms with Crippen LogP contribution in [0.4, 0.5) is 0 Å². The highest BCUT2D eigenvalue weighted by molar-refractivity contribution is 9.10. The van der Waals surface area contributed by atoms with Gasteiger partial charge >= 0.3 is 5.97 Å². The molecule has 1 rings (SSSR count). The second-order valence-corrected chi connectivity index (χ2v) is 4.11. The lowest BCUT2D eigenvalue weighted by atomic mass is 10.1. The Hall–Kier alpha value is -1.63. The van der Waals surface area contributed by atoms with Crippen LogP contribution >= 0.6 is 15.9 Å². The lowest BCUT2D eigenvalue weighted by Gasteiger charge is -2.14. The van der Waals surface area contributed by atoms with E-state index in [1.165, 1.54) is 0 Å². The lowest BCUT2D eigenvalue weighted by Crippen LogP contribution is -2.25. The van der Waals surface area contributed by atoms with Crippen LogP contribution < -0.4 is 0 Å². The average Bonchev–Trinajstić information content (AvgIpc) is 2.19. The first-order valence-corrected chi connectivity index (χ1v) is 5.49. The Bertz CT molecular complexity index is 390. The Morgan fingerprint density at radius 1 is 1.47 bits per heavy atom. The first-order chi connectivity index (χ1) is 7.97. The standard InChI is InChI=1S/C10H10BrNO5/c1-7(13)16-10(17-12(14)15)6-8-2-4-9(11)5-3-8/h2-5,10H,6H2,1H3. The summed E-state index contributed by atoms with van der Waals surface area (Å²) < 4.78 is 5.57. The lowest BCUT2D eigenvalue weighted by molar-refractivity contribution is -0.778.